The summed E-state index contributed by atoms with van der Waals surface area (Å²) < 4.78 is 0. The standard InChI is InChI=1S/C19H28ClN/c1-13-7-8-17(12-18(13)20)19(21-2)16-10-9-14-5-3-4-6-15(14)11-16/h7-8,12,14-16,19,21H,3-6,9-11H2,1-2H3. The van der Waals surface area contributed by atoms with Crippen molar-refractivity contribution >= 4 is 11.6 Å². The second-order valence-corrected chi connectivity index (χ2v) is 7.56. The molecule has 0 aromatic heterocycles. The molecule has 2 saturated carbocycles. The van der Waals surface area contributed by atoms with Crippen LogP contribution in [-0.4, -0.2) is 7.05 Å². The van der Waals surface area contributed by atoms with Crippen molar-refractivity contribution < 1.29 is 0 Å². The van der Waals surface area contributed by atoms with Crippen LogP contribution in [0, 0.1) is 24.7 Å². The Balaban J connectivity index is 1.75. The van der Waals surface area contributed by atoms with Crippen molar-refractivity contribution in [2.75, 3.05) is 7.05 Å². The normalized spacial score (nSPS) is 30.7. The summed E-state index contributed by atoms with van der Waals surface area (Å²) in [4.78, 5) is 0. The fraction of sp³-hybridized carbons (Fsp3) is 0.684. The predicted octanol–water partition coefficient (Wildman–Crippen LogP) is 5.52. The number of hydrogen-bond acceptors (Lipinski definition) is 1. The third kappa shape index (κ3) is 3.29. The molecular formula is C19H28ClN. The highest BCUT2D eigenvalue weighted by Gasteiger charge is 2.35. The van der Waals surface area contributed by atoms with E-state index in [-0.39, 0.29) is 0 Å². The van der Waals surface area contributed by atoms with Gasteiger partial charge in [0.15, 0.2) is 0 Å². The minimum absolute atomic E-state index is 0.464. The Kier molecular flexibility index (Phi) is 4.91. The van der Waals surface area contributed by atoms with Crippen LogP contribution in [0.5, 0.6) is 0 Å². The van der Waals surface area contributed by atoms with Crippen molar-refractivity contribution in [1.82, 2.24) is 5.32 Å². The van der Waals surface area contributed by atoms with Crippen LogP contribution in [0.1, 0.15) is 62.1 Å². The first-order valence-corrected chi connectivity index (χ1v) is 9.00. The van der Waals surface area contributed by atoms with Crippen LogP contribution in [0.2, 0.25) is 5.02 Å². The van der Waals surface area contributed by atoms with Crippen molar-refractivity contribution in [1.29, 1.82) is 0 Å². The van der Waals surface area contributed by atoms with E-state index in [1.165, 1.54) is 56.1 Å². The van der Waals surface area contributed by atoms with Crippen molar-refractivity contribution in [2.45, 2.75) is 57.9 Å². The monoisotopic (exact) mass is 305 g/mol. The van der Waals surface area contributed by atoms with E-state index < -0.39 is 0 Å². The molecule has 2 aliphatic rings. The van der Waals surface area contributed by atoms with Crippen LogP contribution in [0.25, 0.3) is 0 Å². The molecule has 116 valence electrons. The Morgan fingerprint density at radius 1 is 1.10 bits per heavy atom. The zero-order valence-corrected chi connectivity index (χ0v) is 14.1. The minimum Gasteiger partial charge on any atom is -0.313 e. The summed E-state index contributed by atoms with van der Waals surface area (Å²) in [5.74, 6) is 2.77. The molecule has 0 radical (unpaired) electrons. The smallest absolute Gasteiger partial charge is 0.0438 e. The van der Waals surface area contributed by atoms with Gasteiger partial charge < -0.3 is 5.32 Å². The fourth-order valence-electron chi connectivity index (χ4n) is 4.69. The van der Waals surface area contributed by atoms with Crippen LogP contribution < -0.4 is 5.32 Å². The molecule has 1 aromatic rings. The number of hydrogen-bond donors (Lipinski definition) is 1. The van der Waals surface area contributed by atoms with Gasteiger partial charge in [0.05, 0.1) is 0 Å². The van der Waals surface area contributed by atoms with E-state index in [1.54, 1.807) is 0 Å². The predicted molar refractivity (Wildman–Crippen MR) is 90.8 cm³/mol. The minimum atomic E-state index is 0.464. The molecule has 2 fully saturated rings. The Hall–Kier alpha value is -0.530. The van der Waals surface area contributed by atoms with Crippen molar-refractivity contribution in [3.05, 3.63) is 34.3 Å². The summed E-state index contributed by atoms with van der Waals surface area (Å²) in [5, 5.41) is 4.47. The number of nitrogens with one attached hydrogen (secondary N) is 1. The van der Waals surface area contributed by atoms with Gasteiger partial charge in [0, 0.05) is 11.1 Å². The van der Waals surface area contributed by atoms with Gasteiger partial charge in [-0.25, -0.2) is 0 Å². The highest BCUT2D eigenvalue weighted by molar-refractivity contribution is 6.31. The van der Waals surface area contributed by atoms with Gasteiger partial charge in [-0.15, -0.1) is 0 Å². The Morgan fingerprint density at radius 2 is 1.86 bits per heavy atom. The van der Waals surface area contributed by atoms with Crippen LogP contribution in [0.3, 0.4) is 0 Å². The Bertz CT molecular complexity index is 484. The van der Waals surface area contributed by atoms with Gasteiger partial charge in [-0.1, -0.05) is 49.4 Å². The van der Waals surface area contributed by atoms with Gasteiger partial charge in [-0.2, -0.15) is 0 Å². The van der Waals surface area contributed by atoms with Crippen molar-refractivity contribution in [3.8, 4) is 0 Å². The van der Waals surface area contributed by atoms with Gasteiger partial charge in [-0.05, 0) is 68.2 Å². The SMILES string of the molecule is CNC(c1ccc(C)c(Cl)c1)C1CCC2CCCCC2C1. The first kappa shape index (κ1) is 15.4. The molecule has 4 unspecified atom stereocenters. The molecule has 0 aliphatic heterocycles. The number of rotatable bonds is 3. The summed E-state index contributed by atoms with van der Waals surface area (Å²) >= 11 is 6.34. The summed E-state index contributed by atoms with van der Waals surface area (Å²) in [7, 11) is 2.10. The van der Waals surface area contributed by atoms with E-state index in [2.05, 4.69) is 37.5 Å². The quantitative estimate of drug-likeness (QED) is 0.776. The summed E-state index contributed by atoms with van der Waals surface area (Å²) in [5.41, 5.74) is 2.54. The number of aryl methyl sites for hydroxylation is 1. The number of halogens is 1. The molecule has 0 saturated heterocycles. The van der Waals surface area contributed by atoms with E-state index in [9.17, 15) is 0 Å². The van der Waals surface area contributed by atoms with Gasteiger partial charge in [0.1, 0.15) is 0 Å². The lowest BCUT2D eigenvalue weighted by atomic mass is 9.65. The van der Waals surface area contributed by atoms with E-state index in [0.29, 0.717) is 6.04 Å². The number of benzene rings is 1. The molecule has 0 amide bonds. The largest absolute Gasteiger partial charge is 0.313 e. The molecule has 4 atom stereocenters. The molecular weight excluding hydrogens is 278 g/mol. The molecule has 0 spiro atoms. The van der Waals surface area contributed by atoms with Crippen LogP contribution in [0.4, 0.5) is 0 Å². The molecule has 1 aromatic carbocycles. The molecule has 0 heterocycles. The topological polar surface area (TPSA) is 12.0 Å². The van der Waals surface area contributed by atoms with Gasteiger partial charge in [-0.3, -0.25) is 0 Å². The maximum Gasteiger partial charge on any atom is 0.0438 e. The van der Waals surface area contributed by atoms with Gasteiger partial charge in [0.25, 0.3) is 0 Å². The zero-order chi connectivity index (χ0) is 14.8. The summed E-state index contributed by atoms with van der Waals surface area (Å²) in [6.45, 7) is 2.08. The third-order valence-electron chi connectivity index (χ3n) is 5.92. The third-order valence-corrected chi connectivity index (χ3v) is 6.32. The highest BCUT2D eigenvalue weighted by atomic mass is 35.5. The molecule has 1 nitrogen and oxygen atoms in total. The van der Waals surface area contributed by atoms with Crippen LogP contribution >= 0.6 is 11.6 Å². The maximum atomic E-state index is 6.34. The lowest BCUT2D eigenvalue weighted by Crippen LogP contribution is -2.34. The molecule has 3 rings (SSSR count). The number of fused-ring (bicyclic) bond motifs is 1. The summed E-state index contributed by atoms with van der Waals surface area (Å²) in [6.07, 6.45) is 10.1. The van der Waals surface area contributed by atoms with Crippen molar-refractivity contribution in [3.63, 3.8) is 0 Å². The maximum absolute atomic E-state index is 6.34. The van der Waals surface area contributed by atoms with Gasteiger partial charge >= 0.3 is 0 Å². The molecule has 2 aliphatic carbocycles. The van der Waals surface area contributed by atoms with E-state index in [4.69, 9.17) is 11.6 Å². The van der Waals surface area contributed by atoms with Gasteiger partial charge in [0.2, 0.25) is 0 Å². The second kappa shape index (κ2) is 6.71. The summed E-state index contributed by atoms with van der Waals surface area (Å²) in [6, 6.07) is 7.06. The lowest BCUT2D eigenvalue weighted by molar-refractivity contribution is 0.111. The lowest BCUT2D eigenvalue weighted by Gasteiger charge is -2.42. The highest BCUT2D eigenvalue weighted by Crippen LogP contribution is 2.46. The van der Waals surface area contributed by atoms with E-state index in [0.717, 1.165) is 22.8 Å². The van der Waals surface area contributed by atoms with E-state index in [1.807, 2.05) is 0 Å². The Morgan fingerprint density at radius 3 is 2.57 bits per heavy atom. The van der Waals surface area contributed by atoms with Crippen LogP contribution in [-0.2, 0) is 0 Å². The first-order chi connectivity index (χ1) is 10.2. The second-order valence-electron chi connectivity index (χ2n) is 7.15. The Labute approximate surface area is 134 Å². The van der Waals surface area contributed by atoms with Crippen LogP contribution in [0.15, 0.2) is 18.2 Å². The van der Waals surface area contributed by atoms with E-state index >= 15 is 0 Å². The fourth-order valence-corrected chi connectivity index (χ4v) is 4.88. The zero-order valence-electron chi connectivity index (χ0n) is 13.4. The first-order valence-electron chi connectivity index (χ1n) is 8.62. The molecule has 21 heavy (non-hydrogen) atoms. The average Bonchev–Trinajstić information content (AvgIpc) is 2.51. The molecule has 0 bridgehead atoms. The molecule has 1 N–H and O–H groups in total. The molecule has 2 heteroatoms. The van der Waals surface area contributed by atoms with Crippen molar-refractivity contribution in [2.24, 2.45) is 17.8 Å². The average molecular weight is 306 g/mol.